The maximum atomic E-state index is 13.0. The Kier molecular flexibility index (Phi) is 4.90. The summed E-state index contributed by atoms with van der Waals surface area (Å²) in [6.45, 7) is 1.18. The molecular weight excluding hydrogens is 356 g/mol. The number of amides is 5. The van der Waals surface area contributed by atoms with E-state index in [1.54, 1.807) is 4.90 Å². The number of benzene rings is 1. The van der Waals surface area contributed by atoms with Gasteiger partial charge in [0.05, 0.1) is 6.54 Å². The van der Waals surface area contributed by atoms with E-state index in [0.717, 1.165) is 24.1 Å². The van der Waals surface area contributed by atoms with Crippen LogP contribution in [0.3, 0.4) is 0 Å². The number of likely N-dealkylation sites (tertiary alicyclic amines) is 1. The van der Waals surface area contributed by atoms with Gasteiger partial charge in [-0.05, 0) is 43.4 Å². The van der Waals surface area contributed by atoms with Gasteiger partial charge in [0.1, 0.15) is 5.54 Å². The molecule has 2 heterocycles. The molecule has 0 radical (unpaired) electrons. The minimum atomic E-state index is -0.883. The molecule has 7 nitrogen and oxygen atoms in total. The first-order valence-electron chi connectivity index (χ1n) is 9.67. The Balaban J connectivity index is 1.37. The molecule has 0 aromatic heterocycles. The SMILES string of the molecule is O=C(Nc1ccccc1)N1CCC2(CC1)NC(=O)N(CC1=CC=CCC1)C2=O. The van der Waals surface area contributed by atoms with Crippen molar-refractivity contribution in [2.75, 3.05) is 25.0 Å². The molecule has 1 spiro atoms. The molecule has 4 rings (SSSR count). The average Bonchev–Trinajstić information content (AvgIpc) is 2.94. The number of urea groups is 2. The smallest absolute Gasteiger partial charge is 0.324 e. The first kappa shape index (κ1) is 18.3. The molecule has 0 unspecified atom stereocenters. The monoisotopic (exact) mass is 380 g/mol. The molecule has 7 heteroatoms. The van der Waals surface area contributed by atoms with Crippen molar-refractivity contribution in [1.82, 2.24) is 15.1 Å². The summed E-state index contributed by atoms with van der Waals surface area (Å²) in [6, 6.07) is 8.75. The van der Waals surface area contributed by atoms with Gasteiger partial charge in [0.25, 0.3) is 5.91 Å². The second-order valence-corrected chi connectivity index (χ2v) is 7.48. The van der Waals surface area contributed by atoms with Crippen LogP contribution in [0.2, 0.25) is 0 Å². The van der Waals surface area contributed by atoms with Gasteiger partial charge in [-0.3, -0.25) is 9.69 Å². The topological polar surface area (TPSA) is 81.8 Å². The van der Waals surface area contributed by atoms with Crippen molar-refractivity contribution >= 4 is 23.7 Å². The predicted octanol–water partition coefficient (Wildman–Crippen LogP) is 2.88. The normalized spacial score (nSPS) is 20.9. The summed E-state index contributed by atoms with van der Waals surface area (Å²) >= 11 is 0. The second-order valence-electron chi connectivity index (χ2n) is 7.48. The third kappa shape index (κ3) is 3.52. The average molecular weight is 380 g/mol. The molecular formula is C21H24N4O3. The van der Waals surface area contributed by atoms with Gasteiger partial charge in [-0.1, -0.05) is 36.4 Å². The largest absolute Gasteiger partial charge is 0.325 e. The molecule has 3 aliphatic rings. The highest BCUT2D eigenvalue weighted by Gasteiger charge is 2.52. The number of carbonyl (C=O) groups excluding carboxylic acids is 3. The fraction of sp³-hybridized carbons (Fsp3) is 0.381. The number of anilines is 1. The third-order valence-corrected chi connectivity index (χ3v) is 5.64. The van der Waals surface area contributed by atoms with E-state index in [-0.39, 0.29) is 18.0 Å². The van der Waals surface area contributed by atoms with Gasteiger partial charge in [0, 0.05) is 18.8 Å². The Bertz CT molecular complexity index is 838. The molecule has 1 aliphatic carbocycles. The molecule has 2 fully saturated rings. The zero-order valence-electron chi connectivity index (χ0n) is 15.7. The molecule has 1 aromatic carbocycles. The fourth-order valence-corrected chi connectivity index (χ4v) is 3.96. The van der Waals surface area contributed by atoms with E-state index in [9.17, 15) is 14.4 Å². The number of nitrogens with zero attached hydrogens (tertiary/aromatic N) is 2. The van der Waals surface area contributed by atoms with Crippen molar-refractivity contribution in [2.45, 2.75) is 31.2 Å². The number of allylic oxidation sites excluding steroid dienone is 3. The lowest BCUT2D eigenvalue weighted by Crippen LogP contribution is -2.56. The van der Waals surface area contributed by atoms with E-state index in [0.29, 0.717) is 32.5 Å². The van der Waals surface area contributed by atoms with Gasteiger partial charge < -0.3 is 15.5 Å². The van der Waals surface area contributed by atoms with E-state index in [1.807, 2.05) is 42.5 Å². The van der Waals surface area contributed by atoms with Crippen LogP contribution in [0.5, 0.6) is 0 Å². The summed E-state index contributed by atoms with van der Waals surface area (Å²) in [4.78, 5) is 40.9. The number of nitrogens with one attached hydrogen (secondary N) is 2. The van der Waals surface area contributed by atoms with Gasteiger partial charge in [-0.15, -0.1) is 0 Å². The van der Waals surface area contributed by atoms with Gasteiger partial charge in [-0.25, -0.2) is 9.59 Å². The molecule has 2 N–H and O–H groups in total. The number of rotatable bonds is 3. The number of piperidine rings is 1. The van der Waals surface area contributed by atoms with E-state index in [4.69, 9.17) is 0 Å². The molecule has 146 valence electrons. The van der Waals surface area contributed by atoms with Crippen molar-refractivity contribution in [3.05, 3.63) is 54.1 Å². The summed E-state index contributed by atoms with van der Waals surface area (Å²) in [6.07, 6.45) is 8.68. The lowest BCUT2D eigenvalue weighted by Gasteiger charge is -2.37. The van der Waals surface area contributed by atoms with Crippen LogP contribution in [0.1, 0.15) is 25.7 Å². The summed E-state index contributed by atoms with van der Waals surface area (Å²) in [5.74, 6) is -0.170. The number of hydrogen-bond donors (Lipinski definition) is 2. The molecule has 0 saturated carbocycles. The molecule has 2 saturated heterocycles. The minimum Gasteiger partial charge on any atom is -0.324 e. The lowest BCUT2D eigenvalue weighted by molar-refractivity contribution is -0.132. The minimum absolute atomic E-state index is 0.170. The fourth-order valence-electron chi connectivity index (χ4n) is 3.96. The highest BCUT2D eigenvalue weighted by Crippen LogP contribution is 2.30. The summed E-state index contributed by atoms with van der Waals surface area (Å²) in [5, 5.41) is 5.77. The van der Waals surface area contributed by atoms with Crippen LogP contribution in [-0.2, 0) is 4.79 Å². The summed E-state index contributed by atoms with van der Waals surface area (Å²) in [7, 11) is 0. The molecule has 1 aromatic rings. The summed E-state index contributed by atoms with van der Waals surface area (Å²) in [5.41, 5.74) is 0.938. The standard InChI is InChI=1S/C21H24N4O3/c26-18-21(23-20(28)25(18)15-16-7-3-1-4-8-16)11-13-24(14-12-21)19(27)22-17-9-5-2-6-10-17/h1-3,5-7,9-10H,4,8,11-15H2,(H,22,27)(H,23,28). The van der Waals surface area contributed by atoms with E-state index in [2.05, 4.69) is 16.7 Å². The Labute approximate surface area is 164 Å². The highest BCUT2D eigenvalue weighted by molar-refractivity contribution is 6.07. The maximum Gasteiger partial charge on any atom is 0.325 e. The van der Waals surface area contributed by atoms with E-state index >= 15 is 0 Å². The first-order chi connectivity index (χ1) is 13.6. The third-order valence-electron chi connectivity index (χ3n) is 5.64. The number of imide groups is 1. The number of para-hydroxylation sites is 1. The van der Waals surface area contributed by atoms with Crippen LogP contribution in [0.15, 0.2) is 54.1 Å². The van der Waals surface area contributed by atoms with Crippen molar-refractivity contribution in [1.29, 1.82) is 0 Å². The van der Waals surface area contributed by atoms with Crippen LogP contribution in [0, 0.1) is 0 Å². The molecule has 2 aliphatic heterocycles. The van der Waals surface area contributed by atoms with Crippen LogP contribution >= 0.6 is 0 Å². The lowest BCUT2D eigenvalue weighted by atomic mass is 9.87. The quantitative estimate of drug-likeness (QED) is 0.791. The molecule has 28 heavy (non-hydrogen) atoms. The Morgan fingerprint density at radius 3 is 2.57 bits per heavy atom. The van der Waals surface area contributed by atoms with Crippen molar-refractivity contribution < 1.29 is 14.4 Å². The van der Waals surface area contributed by atoms with Crippen molar-refractivity contribution in [3.8, 4) is 0 Å². The van der Waals surface area contributed by atoms with Crippen LogP contribution in [-0.4, -0.2) is 52.9 Å². The number of carbonyl (C=O) groups is 3. The highest BCUT2D eigenvalue weighted by atomic mass is 16.2. The molecule has 0 bridgehead atoms. The second kappa shape index (κ2) is 7.50. The Morgan fingerprint density at radius 1 is 1.14 bits per heavy atom. The van der Waals surface area contributed by atoms with Gasteiger partial charge >= 0.3 is 12.1 Å². The number of hydrogen-bond acceptors (Lipinski definition) is 3. The van der Waals surface area contributed by atoms with Crippen LogP contribution in [0.4, 0.5) is 15.3 Å². The zero-order chi connectivity index (χ0) is 19.6. The Morgan fingerprint density at radius 2 is 1.89 bits per heavy atom. The molecule has 5 amide bonds. The predicted molar refractivity (Wildman–Crippen MR) is 106 cm³/mol. The zero-order valence-corrected chi connectivity index (χ0v) is 15.7. The van der Waals surface area contributed by atoms with Crippen LogP contribution in [0.25, 0.3) is 0 Å². The van der Waals surface area contributed by atoms with Crippen molar-refractivity contribution in [3.63, 3.8) is 0 Å². The van der Waals surface area contributed by atoms with Crippen molar-refractivity contribution in [2.24, 2.45) is 0 Å². The van der Waals surface area contributed by atoms with E-state index < -0.39 is 5.54 Å². The Hall–Kier alpha value is -3.09. The molecule has 0 atom stereocenters. The van der Waals surface area contributed by atoms with Gasteiger partial charge in [0.15, 0.2) is 0 Å². The van der Waals surface area contributed by atoms with Gasteiger partial charge in [0.2, 0.25) is 0 Å². The maximum absolute atomic E-state index is 13.0. The van der Waals surface area contributed by atoms with Crippen LogP contribution < -0.4 is 10.6 Å². The first-order valence-corrected chi connectivity index (χ1v) is 9.67. The summed E-state index contributed by atoms with van der Waals surface area (Å²) < 4.78 is 0. The van der Waals surface area contributed by atoms with Gasteiger partial charge in [-0.2, -0.15) is 0 Å². The van der Waals surface area contributed by atoms with E-state index in [1.165, 1.54) is 4.90 Å².